The number of nitrogens with zero attached hydrogens (tertiary/aromatic N) is 3. The molecule has 2 N–H and O–H groups in total. The van der Waals surface area contributed by atoms with Gasteiger partial charge in [0.25, 0.3) is 0 Å². The second-order valence-electron chi connectivity index (χ2n) is 8.57. The minimum Gasteiger partial charge on any atom is -0.388 e. The molecule has 0 aliphatic rings. The van der Waals surface area contributed by atoms with Crippen molar-refractivity contribution in [2.45, 2.75) is 6.92 Å². The molecule has 0 aliphatic carbocycles. The Bertz CT molecular complexity index is 1420. The number of aromatic nitrogens is 3. The molecule has 0 bridgehead atoms. The third-order valence-electron chi connectivity index (χ3n) is 5.87. The van der Waals surface area contributed by atoms with Crippen LogP contribution in [0.15, 0.2) is 84.4 Å². The predicted octanol–water partition coefficient (Wildman–Crippen LogP) is 6.87. The Morgan fingerprint density at radius 1 is 1.23 bits per heavy atom. The lowest BCUT2D eigenvalue weighted by Crippen LogP contribution is -2.14. The highest BCUT2D eigenvalue weighted by atomic mass is 32.1. The number of fused-ring (bicyclic) bond motifs is 1. The number of H-pyrrole nitrogens is 1. The first-order valence-electron chi connectivity index (χ1n) is 11.5. The zero-order valence-corrected chi connectivity index (χ0v) is 21.5. The van der Waals surface area contributed by atoms with Crippen LogP contribution in [0, 0.1) is 0 Å². The minimum absolute atomic E-state index is 0.732. The van der Waals surface area contributed by atoms with E-state index < -0.39 is 0 Å². The van der Waals surface area contributed by atoms with E-state index in [9.17, 15) is 0 Å². The first-order valence-corrected chi connectivity index (χ1v) is 12.4. The van der Waals surface area contributed by atoms with Crippen molar-refractivity contribution >= 4 is 39.2 Å². The van der Waals surface area contributed by atoms with Crippen LogP contribution >= 0.6 is 11.3 Å². The van der Waals surface area contributed by atoms with E-state index in [2.05, 4.69) is 102 Å². The molecule has 0 fully saturated rings. The van der Waals surface area contributed by atoms with Crippen molar-refractivity contribution in [2.75, 3.05) is 33.0 Å². The Labute approximate surface area is 211 Å². The lowest BCUT2D eigenvalue weighted by Gasteiger charge is -2.15. The number of allylic oxidation sites excluding steroid dienone is 3. The molecule has 0 radical (unpaired) electrons. The molecular formula is C29H31N5S. The van der Waals surface area contributed by atoms with Gasteiger partial charge in [-0.3, -0.25) is 4.98 Å². The fourth-order valence-corrected chi connectivity index (χ4v) is 4.75. The van der Waals surface area contributed by atoms with Gasteiger partial charge in [-0.25, -0.2) is 4.98 Å². The number of thiophene rings is 1. The van der Waals surface area contributed by atoms with Crippen molar-refractivity contribution in [3.63, 3.8) is 0 Å². The second-order valence-corrected chi connectivity index (χ2v) is 9.35. The lowest BCUT2D eigenvalue weighted by molar-refractivity contribution is 0.449. The van der Waals surface area contributed by atoms with Gasteiger partial charge >= 0.3 is 0 Å². The van der Waals surface area contributed by atoms with Crippen LogP contribution in [0.1, 0.15) is 23.9 Å². The van der Waals surface area contributed by atoms with Gasteiger partial charge in [0, 0.05) is 42.2 Å². The number of imidazole rings is 1. The third-order valence-corrected chi connectivity index (χ3v) is 6.56. The van der Waals surface area contributed by atoms with E-state index in [-0.39, 0.29) is 0 Å². The number of hydrogen-bond donors (Lipinski definition) is 2. The van der Waals surface area contributed by atoms with E-state index in [1.807, 2.05) is 25.5 Å². The molecule has 3 aromatic heterocycles. The fourth-order valence-electron chi connectivity index (χ4n) is 4.09. The fraction of sp³-hybridized carbons (Fsp3) is 0.172. The third kappa shape index (κ3) is 5.19. The van der Waals surface area contributed by atoms with Crippen LogP contribution in [-0.4, -0.2) is 47.5 Å². The second kappa shape index (κ2) is 10.7. The maximum absolute atomic E-state index is 4.95. The van der Waals surface area contributed by atoms with Gasteiger partial charge in [-0.1, -0.05) is 37.5 Å². The Balaban J connectivity index is 1.76. The highest BCUT2D eigenvalue weighted by Gasteiger charge is 2.16. The van der Waals surface area contributed by atoms with Gasteiger partial charge in [0.15, 0.2) is 0 Å². The summed E-state index contributed by atoms with van der Waals surface area (Å²) in [5.41, 5.74) is 10.1. The van der Waals surface area contributed by atoms with Gasteiger partial charge in [0.1, 0.15) is 5.82 Å². The summed E-state index contributed by atoms with van der Waals surface area (Å²) < 4.78 is 0. The molecule has 0 unspecified atom stereocenters. The van der Waals surface area contributed by atoms with E-state index >= 15 is 0 Å². The first-order chi connectivity index (χ1) is 16.9. The zero-order chi connectivity index (χ0) is 24.9. The van der Waals surface area contributed by atoms with E-state index in [4.69, 9.17) is 4.98 Å². The van der Waals surface area contributed by atoms with Gasteiger partial charge in [0.2, 0.25) is 0 Å². The molecule has 0 saturated carbocycles. The smallest absolute Gasteiger partial charge is 0.138 e. The Morgan fingerprint density at radius 3 is 2.71 bits per heavy atom. The maximum Gasteiger partial charge on any atom is 0.138 e. The number of nitrogens with one attached hydrogen (secondary N) is 2. The summed E-state index contributed by atoms with van der Waals surface area (Å²) in [7, 11) is 6.04. The monoisotopic (exact) mass is 481 g/mol. The van der Waals surface area contributed by atoms with Crippen molar-refractivity contribution in [1.29, 1.82) is 0 Å². The molecule has 1 aromatic carbocycles. The number of likely N-dealkylation sites (N-methyl/N-ethyl adjacent to an activating group) is 1. The summed E-state index contributed by atoms with van der Waals surface area (Å²) in [6.07, 6.45) is 9.91. The van der Waals surface area contributed by atoms with Crippen LogP contribution in [0.25, 0.3) is 33.3 Å². The predicted molar refractivity (Wildman–Crippen MR) is 152 cm³/mol. The zero-order valence-electron chi connectivity index (χ0n) is 20.7. The first kappa shape index (κ1) is 24.4. The van der Waals surface area contributed by atoms with Crippen LogP contribution in [0.2, 0.25) is 0 Å². The maximum atomic E-state index is 4.95. The van der Waals surface area contributed by atoms with E-state index in [0.29, 0.717) is 0 Å². The average molecular weight is 482 g/mol. The molecule has 5 nitrogen and oxygen atoms in total. The Kier molecular flexibility index (Phi) is 7.44. The van der Waals surface area contributed by atoms with Crippen molar-refractivity contribution < 1.29 is 0 Å². The number of hydrogen-bond acceptors (Lipinski definition) is 5. The summed E-state index contributed by atoms with van der Waals surface area (Å²) in [5, 5.41) is 7.48. The summed E-state index contributed by atoms with van der Waals surface area (Å²) in [6, 6.07) is 8.48. The van der Waals surface area contributed by atoms with E-state index in [1.165, 1.54) is 0 Å². The summed E-state index contributed by atoms with van der Waals surface area (Å²) in [5.74, 6) is 0.732. The van der Waals surface area contributed by atoms with Gasteiger partial charge in [-0.15, -0.1) is 0 Å². The Hall–Kier alpha value is -3.74. The summed E-state index contributed by atoms with van der Waals surface area (Å²) in [6.45, 7) is 11.3. The van der Waals surface area contributed by atoms with Gasteiger partial charge in [-0.05, 0) is 72.3 Å². The van der Waals surface area contributed by atoms with Crippen molar-refractivity contribution in [3.8, 4) is 11.1 Å². The molecule has 6 heteroatoms. The molecule has 0 aliphatic heterocycles. The average Bonchev–Trinajstić information content (AvgIpc) is 3.55. The Morgan fingerprint density at radius 2 is 2.06 bits per heavy atom. The number of aromatic amines is 1. The van der Waals surface area contributed by atoms with E-state index in [1.54, 1.807) is 11.3 Å². The minimum atomic E-state index is 0.732. The molecule has 4 aromatic rings. The van der Waals surface area contributed by atoms with Crippen LogP contribution in [0.5, 0.6) is 0 Å². The summed E-state index contributed by atoms with van der Waals surface area (Å²) >= 11 is 1.66. The molecule has 0 saturated heterocycles. The topological polar surface area (TPSA) is 56.8 Å². The highest BCUT2D eigenvalue weighted by Crippen LogP contribution is 2.33. The normalized spacial score (nSPS) is 12.4. The SMILES string of the molecule is C=C/C(=C\C(=C/C)c1ccc(NC)c(C(=C)c2nc3c(-c4ccsc4)cncc3[nH]2)c1)CN(C)C. The molecule has 0 atom stereocenters. The number of benzene rings is 1. The highest BCUT2D eigenvalue weighted by molar-refractivity contribution is 7.08. The van der Waals surface area contributed by atoms with Gasteiger partial charge in [-0.2, -0.15) is 11.3 Å². The van der Waals surface area contributed by atoms with Crippen molar-refractivity contribution in [3.05, 3.63) is 101 Å². The number of rotatable bonds is 9. The molecule has 178 valence electrons. The van der Waals surface area contributed by atoms with E-state index in [0.717, 1.165) is 68.1 Å². The largest absolute Gasteiger partial charge is 0.388 e. The van der Waals surface area contributed by atoms with Crippen LogP contribution in [0.3, 0.4) is 0 Å². The summed E-state index contributed by atoms with van der Waals surface area (Å²) in [4.78, 5) is 14.9. The van der Waals surface area contributed by atoms with Gasteiger partial charge in [0.05, 0.1) is 17.2 Å². The van der Waals surface area contributed by atoms with Crippen LogP contribution < -0.4 is 5.32 Å². The van der Waals surface area contributed by atoms with Crippen molar-refractivity contribution in [1.82, 2.24) is 19.9 Å². The quantitative estimate of drug-likeness (QED) is 0.256. The van der Waals surface area contributed by atoms with Gasteiger partial charge < -0.3 is 15.2 Å². The standard InChI is InChI=1S/C29H31N5S/c1-7-20(17-34(5)6)13-21(8-2)22-9-10-26(30-4)24(14-22)19(3)29-32-27-16-31-15-25(28(27)33-29)23-11-12-35-18-23/h7-16,18,30H,1,3,17H2,2,4-6H3,(H,32,33)/b20-13+,21-8+. The molecule has 0 spiro atoms. The molecule has 4 rings (SSSR count). The molecule has 0 amide bonds. The molecule has 3 heterocycles. The number of pyridine rings is 1. The number of anilines is 1. The molecular weight excluding hydrogens is 450 g/mol. The van der Waals surface area contributed by atoms with Crippen LogP contribution in [0.4, 0.5) is 5.69 Å². The van der Waals surface area contributed by atoms with Crippen LogP contribution in [-0.2, 0) is 0 Å². The van der Waals surface area contributed by atoms with Crippen molar-refractivity contribution in [2.24, 2.45) is 0 Å². The lowest BCUT2D eigenvalue weighted by atomic mass is 9.96. The molecule has 35 heavy (non-hydrogen) atoms.